The summed E-state index contributed by atoms with van der Waals surface area (Å²) in [7, 11) is 5.57. The van der Waals surface area contributed by atoms with Gasteiger partial charge in [0.15, 0.2) is 5.96 Å². The largest absolute Gasteiger partial charge is 0.496 e. The van der Waals surface area contributed by atoms with E-state index in [1.807, 2.05) is 0 Å². The van der Waals surface area contributed by atoms with Gasteiger partial charge in [0.05, 0.1) is 13.7 Å². The van der Waals surface area contributed by atoms with Crippen LogP contribution in [0.25, 0.3) is 0 Å². The minimum Gasteiger partial charge on any atom is -0.496 e. The van der Waals surface area contributed by atoms with Crippen molar-refractivity contribution in [1.82, 2.24) is 15.5 Å². The van der Waals surface area contributed by atoms with Crippen molar-refractivity contribution >= 4 is 5.96 Å². The van der Waals surface area contributed by atoms with E-state index in [9.17, 15) is 0 Å². The molecule has 0 saturated carbocycles. The van der Waals surface area contributed by atoms with Crippen molar-refractivity contribution in [2.24, 2.45) is 4.99 Å². The van der Waals surface area contributed by atoms with Gasteiger partial charge in [0.2, 0.25) is 0 Å². The van der Waals surface area contributed by atoms with E-state index in [0.717, 1.165) is 68.6 Å². The van der Waals surface area contributed by atoms with E-state index < -0.39 is 0 Å². The molecular weight excluding hydrogens is 356 g/mol. The first-order valence-electron chi connectivity index (χ1n) is 10.1. The molecule has 7 nitrogen and oxygen atoms in total. The Hall–Kier alpha value is -1.99. The van der Waals surface area contributed by atoms with Crippen LogP contribution in [0.4, 0.5) is 0 Å². The number of fused-ring (bicyclic) bond motifs is 1. The van der Waals surface area contributed by atoms with Crippen molar-refractivity contribution in [1.29, 1.82) is 0 Å². The molecule has 1 aromatic carbocycles. The third-order valence-corrected chi connectivity index (χ3v) is 4.73. The number of likely N-dealkylation sites (N-methyl/N-ethyl adjacent to an activating group) is 1. The van der Waals surface area contributed by atoms with Crippen LogP contribution in [0.2, 0.25) is 0 Å². The van der Waals surface area contributed by atoms with Gasteiger partial charge in [-0.2, -0.15) is 0 Å². The molecule has 0 saturated heterocycles. The van der Waals surface area contributed by atoms with Crippen molar-refractivity contribution in [2.45, 2.75) is 39.3 Å². The Morgan fingerprint density at radius 3 is 2.82 bits per heavy atom. The van der Waals surface area contributed by atoms with Crippen LogP contribution in [0, 0.1) is 0 Å². The molecule has 0 bridgehead atoms. The zero-order valence-corrected chi connectivity index (χ0v) is 18.0. The second kappa shape index (κ2) is 11.8. The normalized spacial score (nSPS) is 16.1. The second-order valence-corrected chi connectivity index (χ2v) is 7.18. The summed E-state index contributed by atoms with van der Waals surface area (Å²) in [5.41, 5.74) is 2.24. The highest BCUT2D eigenvalue weighted by Crippen LogP contribution is 2.35. The van der Waals surface area contributed by atoms with E-state index in [1.54, 1.807) is 14.2 Å². The number of hydrogen-bond acceptors (Lipinski definition) is 5. The monoisotopic (exact) mass is 392 g/mol. The van der Waals surface area contributed by atoms with Gasteiger partial charge in [-0.1, -0.05) is 0 Å². The Labute approximate surface area is 169 Å². The van der Waals surface area contributed by atoms with Crippen molar-refractivity contribution in [3.05, 3.63) is 23.3 Å². The van der Waals surface area contributed by atoms with Gasteiger partial charge in [-0.05, 0) is 39.4 Å². The lowest BCUT2D eigenvalue weighted by molar-refractivity contribution is 0.180. The molecule has 1 aliphatic rings. The number of benzene rings is 1. The maximum absolute atomic E-state index is 5.88. The summed E-state index contributed by atoms with van der Waals surface area (Å²) in [6.07, 6.45) is 2.19. The summed E-state index contributed by atoms with van der Waals surface area (Å²) in [5, 5.41) is 6.71. The van der Waals surface area contributed by atoms with Gasteiger partial charge in [0.1, 0.15) is 17.6 Å². The van der Waals surface area contributed by atoms with Gasteiger partial charge in [-0.25, -0.2) is 4.99 Å². The summed E-state index contributed by atoms with van der Waals surface area (Å²) >= 11 is 0. The summed E-state index contributed by atoms with van der Waals surface area (Å²) in [4.78, 5) is 7.02. The lowest BCUT2D eigenvalue weighted by Crippen LogP contribution is -2.41. The fraction of sp³-hybridized carbons (Fsp3) is 0.667. The van der Waals surface area contributed by atoms with E-state index >= 15 is 0 Å². The molecule has 1 unspecified atom stereocenters. The van der Waals surface area contributed by atoms with Crippen molar-refractivity contribution < 1.29 is 14.2 Å². The molecule has 1 aromatic rings. The Balaban J connectivity index is 1.92. The maximum Gasteiger partial charge on any atom is 0.191 e. The molecule has 28 heavy (non-hydrogen) atoms. The topological polar surface area (TPSA) is 67.4 Å². The number of aliphatic imine (C=N–C) groups is 1. The van der Waals surface area contributed by atoms with Crippen LogP contribution in [-0.4, -0.2) is 71.0 Å². The smallest absolute Gasteiger partial charge is 0.191 e. The average Bonchev–Trinajstić information content (AvgIpc) is 3.04. The van der Waals surface area contributed by atoms with Crippen LogP contribution >= 0.6 is 0 Å². The summed E-state index contributed by atoms with van der Waals surface area (Å²) in [6.45, 7) is 9.11. The zero-order chi connectivity index (χ0) is 20.4. The SMILES string of the molecule is CCNC(=NCc1cc2c(cc1OC)CC(C)O2)NCCN(C)CCCOC. The van der Waals surface area contributed by atoms with Gasteiger partial charge in [-0.15, -0.1) is 0 Å². The molecule has 1 atom stereocenters. The van der Waals surface area contributed by atoms with Crippen molar-refractivity contribution in [2.75, 3.05) is 54.1 Å². The highest BCUT2D eigenvalue weighted by atomic mass is 16.5. The number of methoxy groups -OCH3 is 2. The van der Waals surface area contributed by atoms with E-state index in [2.05, 4.69) is 48.6 Å². The molecule has 0 amide bonds. The summed E-state index contributed by atoms with van der Waals surface area (Å²) in [6, 6.07) is 4.15. The van der Waals surface area contributed by atoms with Gasteiger partial charge in [-0.3, -0.25) is 0 Å². The Bertz CT molecular complexity index is 636. The fourth-order valence-corrected chi connectivity index (χ4v) is 3.26. The molecule has 2 N–H and O–H groups in total. The molecule has 158 valence electrons. The van der Waals surface area contributed by atoms with E-state index in [0.29, 0.717) is 6.54 Å². The molecule has 0 aromatic heterocycles. The zero-order valence-electron chi connectivity index (χ0n) is 18.0. The number of hydrogen-bond donors (Lipinski definition) is 2. The van der Waals surface area contributed by atoms with Crippen LogP contribution < -0.4 is 20.1 Å². The van der Waals surface area contributed by atoms with Gasteiger partial charge < -0.3 is 29.7 Å². The van der Waals surface area contributed by atoms with Crippen LogP contribution in [0.1, 0.15) is 31.4 Å². The predicted octanol–water partition coefficient (Wildman–Crippen LogP) is 2.04. The molecular formula is C21H36N4O3. The Morgan fingerprint density at radius 1 is 1.29 bits per heavy atom. The molecule has 0 aliphatic carbocycles. The Morgan fingerprint density at radius 2 is 2.11 bits per heavy atom. The second-order valence-electron chi connectivity index (χ2n) is 7.18. The fourth-order valence-electron chi connectivity index (χ4n) is 3.26. The molecule has 2 rings (SSSR count). The first-order chi connectivity index (χ1) is 13.6. The third-order valence-electron chi connectivity index (χ3n) is 4.73. The van der Waals surface area contributed by atoms with E-state index in [4.69, 9.17) is 19.2 Å². The third kappa shape index (κ3) is 6.87. The predicted molar refractivity (Wildman–Crippen MR) is 114 cm³/mol. The first-order valence-corrected chi connectivity index (χ1v) is 10.1. The van der Waals surface area contributed by atoms with Crippen LogP contribution in [0.15, 0.2) is 17.1 Å². The standard InChI is InChI=1S/C21H36N4O3/c1-6-22-21(23-8-10-25(3)9-7-11-26-4)24-15-18-14-20-17(12-16(2)28-20)13-19(18)27-5/h13-14,16H,6-12,15H2,1-5H3,(H2,22,23,24). The van der Waals surface area contributed by atoms with Gasteiger partial charge in [0, 0.05) is 57.4 Å². The van der Waals surface area contributed by atoms with Crippen LogP contribution in [0.5, 0.6) is 11.5 Å². The van der Waals surface area contributed by atoms with Crippen molar-refractivity contribution in [3.8, 4) is 11.5 Å². The molecule has 0 radical (unpaired) electrons. The molecule has 0 fully saturated rings. The van der Waals surface area contributed by atoms with E-state index in [-0.39, 0.29) is 6.10 Å². The number of nitrogens with zero attached hydrogens (tertiary/aromatic N) is 2. The lowest BCUT2D eigenvalue weighted by atomic mass is 10.1. The lowest BCUT2D eigenvalue weighted by Gasteiger charge is -2.18. The Kier molecular flexibility index (Phi) is 9.37. The van der Waals surface area contributed by atoms with Crippen LogP contribution in [-0.2, 0) is 17.7 Å². The first kappa shape index (κ1) is 22.3. The number of ether oxygens (including phenoxy) is 3. The highest BCUT2D eigenvalue weighted by molar-refractivity contribution is 5.79. The van der Waals surface area contributed by atoms with Crippen molar-refractivity contribution in [3.63, 3.8) is 0 Å². The number of nitrogens with one attached hydrogen (secondary N) is 2. The molecule has 1 heterocycles. The number of rotatable bonds is 11. The average molecular weight is 393 g/mol. The van der Waals surface area contributed by atoms with Gasteiger partial charge >= 0.3 is 0 Å². The maximum atomic E-state index is 5.88. The summed E-state index contributed by atoms with van der Waals surface area (Å²) < 4.78 is 16.6. The minimum absolute atomic E-state index is 0.221. The molecule has 7 heteroatoms. The highest BCUT2D eigenvalue weighted by Gasteiger charge is 2.21. The minimum atomic E-state index is 0.221. The molecule has 0 spiro atoms. The van der Waals surface area contributed by atoms with E-state index in [1.165, 1.54) is 5.56 Å². The number of guanidine groups is 1. The quantitative estimate of drug-likeness (QED) is 0.341. The summed E-state index contributed by atoms with van der Waals surface area (Å²) in [5.74, 6) is 2.63. The van der Waals surface area contributed by atoms with Gasteiger partial charge in [0.25, 0.3) is 0 Å². The van der Waals surface area contributed by atoms with Crippen LogP contribution in [0.3, 0.4) is 0 Å². The molecule has 1 aliphatic heterocycles.